The van der Waals surface area contributed by atoms with Crippen LogP contribution in [0.25, 0.3) is 10.9 Å². The Morgan fingerprint density at radius 3 is 2.90 bits per heavy atom. The van der Waals surface area contributed by atoms with E-state index in [1.54, 1.807) is 12.1 Å². The van der Waals surface area contributed by atoms with Gasteiger partial charge in [-0.3, -0.25) is 4.79 Å². The number of nitrogens with one attached hydrogen (secondary N) is 2. The van der Waals surface area contributed by atoms with E-state index in [4.69, 9.17) is 4.42 Å². The van der Waals surface area contributed by atoms with E-state index in [0.717, 1.165) is 17.6 Å². The molecule has 1 amide bonds. The number of aryl methyl sites for hydroxylation is 2. The largest absolute Gasteiger partial charge is 0.459 e. The summed E-state index contributed by atoms with van der Waals surface area (Å²) in [6.07, 6.45) is 2.29. The third kappa shape index (κ3) is 2.70. The normalized spacial score (nSPS) is 11.0. The number of rotatable bonds is 4. The molecule has 0 atom stereocenters. The lowest BCUT2D eigenvalue weighted by Crippen LogP contribution is -2.25. The number of aromatic amines is 1. The number of aromatic nitrogens is 1. The van der Waals surface area contributed by atoms with Gasteiger partial charge in [-0.05, 0) is 50.1 Å². The van der Waals surface area contributed by atoms with E-state index in [-0.39, 0.29) is 5.91 Å². The second-order valence-electron chi connectivity index (χ2n) is 5.26. The number of hydrogen-bond donors (Lipinski definition) is 2. The molecule has 0 aliphatic heterocycles. The molecule has 0 aliphatic carbocycles. The summed E-state index contributed by atoms with van der Waals surface area (Å²) >= 11 is 0. The van der Waals surface area contributed by atoms with E-state index >= 15 is 0 Å². The van der Waals surface area contributed by atoms with Crippen LogP contribution >= 0.6 is 0 Å². The van der Waals surface area contributed by atoms with Crippen molar-refractivity contribution < 1.29 is 9.21 Å². The monoisotopic (exact) mass is 282 g/mol. The topological polar surface area (TPSA) is 58.0 Å². The van der Waals surface area contributed by atoms with E-state index in [9.17, 15) is 4.79 Å². The molecule has 3 rings (SSSR count). The minimum atomic E-state index is -0.173. The fourth-order valence-electron chi connectivity index (χ4n) is 2.61. The zero-order valence-corrected chi connectivity index (χ0v) is 12.2. The van der Waals surface area contributed by atoms with Gasteiger partial charge in [0.2, 0.25) is 0 Å². The highest BCUT2D eigenvalue weighted by Gasteiger charge is 2.11. The Hall–Kier alpha value is -2.49. The van der Waals surface area contributed by atoms with Gasteiger partial charge in [-0.1, -0.05) is 11.6 Å². The van der Waals surface area contributed by atoms with Crippen molar-refractivity contribution in [3.8, 4) is 0 Å². The van der Waals surface area contributed by atoms with E-state index in [2.05, 4.69) is 42.3 Å². The molecule has 2 heterocycles. The van der Waals surface area contributed by atoms with Gasteiger partial charge in [0.05, 0.1) is 6.26 Å². The zero-order chi connectivity index (χ0) is 14.8. The fraction of sp³-hybridized carbons (Fsp3) is 0.235. The second-order valence-corrected chi connectivity index (χ2v) is 5.26. The summed E-state index contributed by atoms with van der Waals surface area (Å²) in [6.45, 7) is 4.74. The molecule has 0 saturated carbocycles. The lowest BCUT2D eigenvalue weighted by atomic mass is 10.1. The van der Waals surface area contributed by atoms with Crippen LogP contribution in [-0.4, -0.2) is 17.4 Å². The highest BCUT2D eigenvalue weighted by molar-refractivity contribution is 5.91. The van der Waals surface area contributed by atoms with Crippen LogP contribution in [-0.2, 0) is 6.42 Å². The Labute approximate surface area is 123 Å². The summed E-state index contributed by atoms with van der Waals surface area (Å²) in [4.78, 5) is 15.2. The van der Waals surface area contributed by atoms with E-state index in [0.29, 0.717) is 12.3 Å². The molecule has 4 heteroatoms. The van der Waals surface area contributed by atoms with Gasteiger partial charge in [0, 0.05) is 23.1 Å². The minimum Gasteiger partial charge on any atom is -0.459 e. The van der Waals surface area contributed by atoms with Crippen LogP contribution in [0.15, 0.2) is 41.0 Å². The van der Waals surface area contributed by atoms with Crippen LogP contribution in [0, 0.1) is 13.8 Å². The molecule has 0 saturated heterocycles. The van der Waals surface area contributed by atoms with Crippen molar-refractivity contribution in [1.82, 2.24) is 10.3 Å². The van der Waals surface area contributed by atoms with Crippen molar-refractivity contribution in [2.24, 2.45) is 0 Å². The van der Waals surface area contributed by atoms with Crippen LogP contribution in [0.2, 0.25) is 0 Å². The molecule has 0 radical (unpaired) electrons. The number of hydrogen-bond acceptors (Lipinski definition) is 2. The molecular formula is C17H18N2O2. The molecule has 108 valence electrons. The predicted molar refractivity (Wildman–Crippen MR) is 82.5 cm³/mol. The van der Waals surface area contributed by atoms with Crippen molar-refractivity contribution in [3.63, 3.8) is 0 Å². The fourth-order valence-corrected chi connectivity index (χ4v) is 2.61. The maximum atomic E-state index is 11.8. The average Bonchev–Trinajstić information content (AvgIpc) is 3.08. The maximum absolute atomic E-state index is 11.8. The Bertz CT molecular complexity index is 770. The van der Waals surface area contributed by atoms with Gasteiger partial charge in [-0.2, -0.15) is 0 Å². The SMILES string of the molecule is Cc1ccc2[nH]c(C)c(CCNC(=O)c3ccco3)c2c1. The van der Waals surface area contributed by atoms with Crippen LogP contribution in [0.4, 0.5) is 0 Å². The number of furan rings is 1. The Morgan fingerprint density at radius 1 is 1.29 bits per heavy atom. The van der Waals surface area contributed by atoms with Gasteiger partial charge < -0.3 is 14.7 Å². The molecule has 1 aromatic carbocycles. The first kappa shape index (κ1) is 13.5. The highest BCUT2D eigenvalue weighted by atomic mass is 16.3. The van der Waals surface area contributed by atoms with Gasteiger partial charge in [-0.15, -0.1) is 0 Å². The van der Waals surface area contributed by atoms with Crippen LogP contribution < -0.4 is 5.32 Å². The van der Waals surface area contributed by atoms with Crippen molar-refractivity contribution in [2.75, 3.05) is 6.54 Å². The molecule has 0 unspecified atom stereocenters. The molecule has 2 aromatic heterocycles. The van der Waals surface area contributed by atoms with E-state index in [1.807, 2.05) is 0 Å². The van der Waals surface area contributed by atoms with E-state index < -0.39 is 0 Å². The van der Waals surface area contributed by atoms with Crippen LogP contribution in [0.1, 0.15) is 27.4 Å². The van der Waals surface area contributed by atoms with Crippen molar-refractivity contribution in [3.05, 3.63) is 59.2 Å². The van der Waals surface area contributed by atoms with Crippen molar-refractivity contribution in [2.45, 2.75) is 20.3 Å². The lowest BCUT2D eigenvalue weighted by molar-refractivity contribution is 0.0926. The summed E-state index contributed by atoms with van der Waals surface area (Å²) in [5, 5.41) is 4.12. The Morgan fingerprint density at radius 2 is 2.14 bits per heavy atom. The van der Waals surface area contributed by atoms with Gasteiger partial charge in [0.25, 0.3) is 5.91 Å². The summed E-state index contributed by atoms with van der Waals surface area (Å²) in [6, 6.07) is 9.75. The number of benzene rings is 1. The third-order valence-corrected chi connectivity index (χ3v) is 3.68. The maximum Gasteiger partial charge on any atom is 0.286 e. The summed E-state index contributed by atoms with van der Waals surface area (Å²) < 4.78 is 5.07. The van der Waals surface area contributed by atoms with Crippen molar-refractivity contribution in [1.29, 1.82) is 0 Å². The first-order valence-corrected chi connectivity index (χ1v) is 7.04. The first-order valence-electron chi connectivity index (χ1n) is 7.04. The Kier molecular flexibility index (Phi) is 3.52. The number of carbonyl (C=O) groups is 1. The molecular weight excluding hydrogens is 264 g/mol. The molecule has 0 fully saturated rings. The summed E-state index contributed by atoms with van der Waals surface area (Å²) in [5.41, 5.74) is 4.80. The van der Waals surface area contributed by atoms with Gasteiger partial charge in [0.1, 0.15) is 0 Å². The number of carbonyl (C=O) groups excluding carboxylic acids is 1. The summed E-state index contributed by atoms with van der Waals surface area (Å²) in [7, 11) is 0. The molecule has 2 N–H and O–H groups in total. The smallest absolute Gasteiger partial charge is 0.286 e. The van der Waals surface area contributed by atoms with Gasteiger partial charge >= 0.3 is 0 Å². The number of fused-ring (bicyclic) bond motifs is 1. The number of H-pyrrole nitrogens is 1. The van der Waals surface area contributed by atoms with Gasteiger partial charge in [0.15, 0.2) is 5.76 Å². The molecule has 0 aliphatic rings. The molecule has 3 aromatic rings. The third-order valence-electron chi connectivity index (χ3n) is 3.68. The van der Waals surface area contributed by atoms with Crippen LogP contribution in [0.3, 0.4) is 0 Å². The predicted octanol–water partition coefficient (Wildman–Crippen LogP) is 3.35. The highest BCUT2D eigenvalue weighted by Crippen LogP contribution is 2.23. The minimum absolute atomic E-state index is 0.173. The lowest BCUT2D eigenvalue weighted by Gasteiger charge is -2.04. The van der Waals surface area contributed by atoms with E-state index in [1.165, 1.54) is 22.8 Å². The van der Waals surface area contributed by atoms with Gasteiger partial charge in [-0.25, -0.2) is 0 Å². The molecule has 0 bridgehead atoms. The number of amides is 1. The standard InChI is InChI=1S/C17H18N2O2/c1-11-5-6-15-14(10-11)13(12(2)19-15)7-8-18-17(20)16-4-3-9-21-16/h3-6,9-10,19H,7-8H2,1-2H3,(H,18,20). The average molecular weight is 282 g/mol. The molecule has 21 heavy (non-hydrogen) atoms. The van der Waals surface area contributed by atoms with Crippen molar-refractivity contribution >= 4 is 16.8 Å². The molecule has 0 spiro atoms. The Balaban J connectivity index is 1.72. The first-order chi connectivity index (χ1) is 10.1. The quantitative estimate of drug-likeness (QED) is 0.771. The molecule has 4 nitrogen and oxygen atoms in total. The van der Waals surface area contributed by atoms with Crippen LogP contribution in [0.5, 0.6) is 0 Å². The zero-order valence-electron chi connectivity index (χ0n) is 12.2. The second kappa shape index (κ2) is 5.48. The summed E-state index contributed by atoms with van der Waals surface area (Å²) in [5.74, 6) is 0.176.